The minimum absolute atomic E-state index is 0.258. The van der Waals surface area contributed by atoms with Gasteiger partial charge in [0.05, 0.1) is 0 Å². The summed E-state index contributed by atoms with van der Waals surface area (Å²) in [6.07, 6.45) is 3.69. The van der Waals surface area contributed by atoms with Crippen molar-refractivity contribution < 1.29 is 14.6 Å². The molecule has 1 unspecified atom stereocenters. The van der Waals surface area contributed by atoms with E-state index in [2.05, 4.69) is 0 Å². The van der Waals surface area contributed by atoms with Gasteiger partial charge in [0, 0.05) is 0 Å². The standard InChI is InChI=1S/C17H17FO2/c18-16-9-14-8-12(11-4-6-15(19)7-5-11)2-1-3-13(14)10-17(16)20/h4-7,9-10,12,19-20H,1-3,8H2. The lowest BCUT2D eigenvalue weighted by molar-refractivity contribution is 0.431. The molecule has 0 aliphatic heterocycles. The number of hydrogen-bond donors (Lipinski definition) is 2. The van der Waals surface area contributed by atoms with Crippen molar-refractivity contribution in [1.82, 2.24) is 0 Å². The van der Waals surface area contributed by atoms with Crippen LogP contribution in [0.2, 0.25) is 0 Å². The summed E-state index contributed by atoms with van der Waals surface area (Å²) in [5, 5.41) is 18.8. The zero-order valence-corrected chi connectivity index (χ0v) is 11.1. The zero-order chi connectivity index (χ0) is 14.1. The van der Waals surface area contributed by atoms with Gasteiger partial charge >= 0.3 is 0 Å². The van der Waals surface area contributed by atoms with Gasteiger partial charge in [0.1, 0.15) is 5.75 Å². The molecule has 2 aromatic carbocycles. The van der Waals surface area contributed by atoms with Crippen molar-refractivity contribution in [3.05, 3.63) is 58.9 Å². The van der Waals surface area contributed by atoms with E-state index in [4.69, 9.17) is 0 Å². The molecule has 2 aromatic rings. The van der Waals surface area contributed by atoms with E-state index in [9.17, 15) is 14.6 Å². The number of fused-ring (bicyclic) bond motifs is 1. The summed E-state index contributed by atoms with van der Waals surface area (Å²) >= 11 is 0. The normalized spacial score (nSPS) is 18.4. The Hall–Kier alpha value is -2.03. The van der Waals surface area contributed by atoms with E-state index in [0.717, 1.165) is 36.8 Å². The number of phenols is 2. The molecule has 3 rings (SSSR count). The van der Waals surface area contributed by atoms with Crippen molar-refractivity contribution in [1.29, 1.82) is 0 Å². The molecule has 1 aliphatic carbocycles. The highest BCUT2D eigenvalue weighted by Gasteiger charge is 2.20. The molecule has 0 spiro atoms. The first kappa shape index (κ1) is 13.0. The summed E-state index contributed by atoms with van der Waals surface area (Å²) in [4.78, 5) is 0. The van der Waals surface area contributed by atoms with Gasteiger partial charge < -0.3 is 10.2 Å². The summed E-state index contributed by atoms with van der Waals surface area (Å²) in [6, 6.07) is 10.3. The maximum Gasteiger partial charge on any atom is 0.165 e. The van der Waals surface area contributed by atoms with Crippen LogP contribution in [0.15, 0.2) is 36.4 Å². The lowest BCUT2D eigenvalue weighted by Gasteiger charge is -2.15. The van der Waals surface area contributed by atoms with Crippen molar-refractivity contribution in [2.24, 2.45) is 0 Å². The van der Waals surface area contributed by atoms with Crippen LogP contribution >= 0.6 is 0 Å². The van der Waals surface area contributed by atoms with Crippen LogP contribution in [0.25, 0.3) is 0 Å². The Morgan fingerprint density at radius 1 is 1.00 bits per heavy atom. The molecule has 1 aliphatic rings. The Labute approximate surface area is 117 Å². The van der Waals surface area contributed by atoms with Crippen LogP contribution in [0, 0.1) is 5.82 Å². The van der Waals surface area contributed by atoms with Crippen LogP contribution in [0.4, 0.5) is 4.39 Å². The Bertz CT molecular complexity index is 620. The first-order valence-electron chi connectivity index (χ1n) is 6.92. The number of aryl methyl sites for hydroxylation is 1. The highest BCUT2D eigenvalue weighted by atomic mass is 19.1. The van der Waals surface area contributed by atoms with Crippen LogP contribution in [0.5, 0.6) is 11.5 Å². The topological polar surface area (TPSA) is 40.5 Å². The molecule has 0 aromatic heterocycles. The first-order valence-corrected chi connectivity index (χ1v) is 6.92. The quantitative estimate of drug-likeness (QED) is 0.773. The number of aromatic hydroxyl groups is 2. The van der Waals surface area contributed by atoms with Gasteiger partial charge in [-0.15, -0.1) is 0 Å². The van der Waals surface area contributed by atoms with Crippen LogP contribution in [-0.4, -0.2) is 10.2 Å². The maximum atomic E-state index is 13.5. The largest absolute Gasteiger partial charge is 0.508 e. The Morgan fingerprint density at radius 2 is 1.75 bits per heavy atom. The smallest absolute Gasteiger partial charge is 0.165 e. The summed E-state index contributed by atoms with van der Waals surface area (Å²) < 4.78 is 13.5. The molecule has 0 fully saturated rings. The summed E-state index contributed by atoms with van der Waals surface area (Å²) in [7, 11) is 0. The van der Waals surface area contributed by atoms with E-state index in [1.165, 1.54) is 11.6 Å². The second kappa shape index (κ2) is 5.16. The fourth-order valence-electron chi connectivity index (χ4n) is 3.01. The van der Waals surface area contributed by atoms with Gasteiger partial charge in [0.15, 0.2) is 11.6 Å². The highest BCUT2D eigenvalue weighted by Crippen LogP contribution is 2.34. The monoisotopic (exact) mass is 272 g/mol. The molecule has 1 atom stereocenters. The molecule has 0 saturated heterocycles. The molecule has 104 valence electrons. The van der Waals surface area contributed by atoms with Crippen molar-refractivity contribution in [3.63, 3.8) is 0 Å². The Morgan fingerprint density at radius 3 is 2.50 bits per heavy atom. The Balaban J connectivity index is 1.92. The summed E-state index contributed by atoms with van der Waals surface area (Å²) in [5.41, 5.74) is 3.20. The molecule has 0 bridgehead atoms. The maximum absolute atomic E-state index is 13.5. The highest BCUT2D eigenvalue weighted by molar-refractivity contribution is 5.39. The summed E-state index contributed by atoms with van der Waals surface area (Å²) in [6.45, 7) is 0. The minimum Gasteiger partial charge on any atom is -0.508 e. The van der Waals surface area contributed by atoms with E-state index in [0.29, 0.717) is 5.92 Å². The molecule has 0 amide bonds. The molecule has 3 heteroatoms. The third-order valence-corrected chi connectivity index (χ3v) is 4.10. The van der Waals surface area contributed by atoms with Gasteiger partial charge in [-0.1, -0.05) is 12.1 Å². The van der Waals surface area contributed by atoms with Crippen LogP contribution in [0.1, 0.15) is 35.4 Å². The van der Waals surface area contributed by atoms with E-state index in [1.54, 1.807) is 18.2 Å². The van der Waals surface area contributed by atoms with E-state index < -0.39 is 5.82 Å². The lowest BCUT2D eigenvalue weighted by atomic mass is 9.90. The lowest BCUT2D eigenvalue weighted by Crippen LogP contribution is -2.02. The van der Waals surface area contributed by atoms with Crippen molar-refractivity contribution in [2.45, 2.75) is 31.6 Å². The fourth-order valence-corrected chi connectivity index (χ4v) is 3.01. The molecular formula is C17H17FO2. The van der Waals surface area contributed by atoms with Crippen molar-refractivity contribution in [3.8, 4) is 11.5 Å². The average Bonchev–Trinajstić information content (AvgIpc) is 2.62. The van der Waals surface area contributed by atoms with Gasteiger partial charge in [-0.2, -0.15) is 0 Å². The second-order valence-electron chi connectivity index (χ2n) is 5.46. The number of benzene rings is 2. The third kappa shape index (κ3) is 2.48. The van der Waals surface area contributed by atoms with E-state index in [-0.39, 0.29) is 11.5 Å². The Kier molecular flexibility index (Phi) is 3.35. The number of hydrogen-bond acceptors (Lipinski definition) is 2. The van der Waals surface area contributed by atoms with E-state index >= 15 is 0 Å². The van der Waals surface area contributed by atoms with Crippen molar-refractivity contribution in [2.75, 3.05) is 0 Å². The van der Waals surface area contributed by atoms with Gasteiger partial charge in [0.25, 0.3) is 0 Å². The van der Waals surface area contributed by atoms with Crippen LogP contribution in [-0.2, 0) is 12.8 Å². The van der Waals surface area contributed by atoms with Crippen LogP contribution < -0.4 is 0 Å². The number of phenolic OH excluding ortho intramolecular Hbond substituents is 2. The average molecular weight is 272 g/mol. The molecule has 2 nitrogen and oxygen atoms in total. The first-order chi connectivity index (χ1) is 9.63. The molecule has 20 heavy (non-hydrogen) atoms. The molecule has 0 heterocycles. The van der Waals surface area contributed by atoms with Gasteiger partial charge in [0.2, 0.25) is 0 Å². The second-order valence-corrected chi connectivity index (χ2v) is 5.46. The van der Waals surface area contributed by atoms with Gasteiger partial charge in [-0.3, -0.25) is 0 Å². The van der Waals surface area contributed by atoms with E-state index in [1.807, 2.05) is 12.1 Å². The SMILES string of the molecule is Oc1ccc(C2CCCc3cc(O)c(F)cc3C2)cc1. The van der Waals surface area contributed by atoms with Crippen molar-refractivity contribution >= 4 is 0 Å². The number of rotatable bonds is 1. The minimum atomic E-state index is -0.546. The zero-order valence-electron chi connectivity index (χ0n) is 11.1. The molecule has 0 saturated carbocycles. The molecule has 0 radical (unpaired) electrons. The van der Waals surface area contributed by atoms with Crippen LogP contribution in [0.3, 0.4) is 0 Å². The predicted octanol–water partition coefficient (Wildman–Crippen LogP) is 3.90. The third-order valence-electron chi connectivity index (χ3n) is 4.10. The molecular weight excluding hydrogens is 255 g/mol. The fraction of sp³-hybridized carbons (Fsp3) is 0.294. The number of halogens is 1. The van der Waals surface area contributed by atoms with Gasteiger partial charge in [-0.25, -0.2) is 4.39 Å². The van der Waals surface area contributed by atoms with Gasteiger partial charge in [-0.05, 0) is 72.6 Å². The molecule has 2 N–H and O–H groups in total. The summed E-state index contributed by atoms with van der Waals surface area (Å²) in [5.74, 6) is -0.207. The predicted molar refractivity (Wildman–Crippen MR) is 75.6 cm³/mol.